The van der Waals surface area contributed by atoms with E-state index in [2.05, 4.69) is 5.32 Å². The number of anilines is 1. The molecular formula is C19H21ClN2O5. The molecule has 8 heteroatoms. The molecule has 0 unspecified atom stereocenters. The van der Waals surface area contributed by atoms with Crippen LogP contribution in [0, 0.1) is 0 Å². The Hall–Kier alpha value is -2.67. The van der Waals surface area contributed by atoms with Crippen LogP contribution in [-0.4, -0.2) is 31.8 Å². The highest BCUT2D eigenvalue weighted by molar-refractivity contribution is 6.32. The van der Waals surface area contributed by atoms with Crippen LogP contribution in [0.2, 0.25) is 5.02 Å². The van der Waals surface area contributed by atoms with E-state index >= 15 is 0 Å². The molecule has 0 spiro atoms. The molecule has 0 bridgehead atoms. The molecule has 144 valence electrons. The number of carbonyl (C=O) groups excluding carboxylic acids is 1. The lowest BCUT2D eigenvalue weighted by Crippen LogP contribution is -2.30. The summed E-state index contributed by atoms with van der Waals surface area (Å²) in [6, 6.07) is 4.51. The van der Waals surface area contributed by atoms with E-state index in [1.165, 1.54) is 27.4 Å². The zero-order chi connectivity index (χ0) is 19.6. The monoisotopic (exact) mass is 392 g/mol. The number of benzene rings is 1. The minimum Gasteiger partial charge on any atom is -0.496 e. The maximum Gasteiger partial charge on any atom is 0.261 e. The largest absolute Gasteiger partial charge is 0.496 e. The molecular weight excluding hydrogens is 372 g/mol. The van der Waals surface area contributed by atoms with Crippen LogP contribution < -0.4 is 25.1 Å². The fourth-order valence-electron chi connectivity index (χ4n) is 3.29. The molecule has 27 heavy (non-hydrogen) atoms. The van der Waals surface area contributed by atoms with E-state index in [9.17, 15) is 9.59 Å². The lowest BCUT2D eigenvalue weighted by Gasteiger charge is -2.23. The average Bonchev–Trinajstić information content (AvgIpc) is 2.68. The quantitative estimate of drug-likeness (QED) is 0.845. The van der Waals surface area contributed by atoms with Crippen molar-refractivity contribution in [2.45, 2.75) is 25.8 Å². The van der Waals surface area contributed by atoms with Crippen LogP contribution in [0.5, 0.6) is 17.2 Å². The summed E-state index contributed by atoms with van der Waals surface area (Å²) >= 11 is 6.18. The molecule has 0 aliphatic carbocycles. The van der Waals surface area contributed by atoms with Gasteiger partial charge in [-0.15, -0.1) is 0 Å². The van der Waals surface area contributed by atoms with Gasteiger partial charge in [0.2, 0.25) is 0 Å². The van der Waals surface area contributed by atoms with Gasteiger partial charge in [-0.1, -0.05) is 11.6 Å². The van der Waals surface area contributed by atoms with Crippen molar-refractivity contribution in [3.8, 4) is 17.2 Å². The Morgan fingerprint density at radius 3 is 2.41 bits per heavy atom. The van der Waals surface area contributed by atoms with Gasteiger partial charge in [0.25, 0.3) is 11.5 Å². The van der Waals surface area contributed by atoms with Crippen molar-refractivity contribution in [2.75, 3.05) is 26.6 Å². The third-order valence-electron chi connectivity index (χ3n) is 4.60. The third kappa shape index (κ3) is 3.60. The number of aromatic nitrogens is 1. The average molecular weight is 393 g/mol. The lowest BCUT2D eigenvalue weighted by atomic mass is 10.0. The van der Waals surface area contributed by atoms with E-state index in [0.29, 0.717) is 46.4 Å². The highest BCUT2D eigenvalue weighted by Crippen LogP contribution is 2.36. The minimum atomic E-state index is -0.392. The van der Waals surface area contributed by atoms with E-state index in [-0.39, 0.29) is 11.3 Å². The summed E-state index contributed by atoms with van der Waals surface area (Å²) in [5.74, 6) is 0.708. The summed E-state index contributed by atoms with van der Waals surface area (Å²) < 4.78 is 17.5. The van der Waals surface area contributed by atoms with Crippen LogP contribution in [0.4, 0.5) is 5.69 Å². The number of hydrogen-bond acceptors (Lipinski definition) is 5. The van der Waals surface area contributed by atoms with Gasteiger partial charge in [0.05, 0.1) is 32.0 Å². The Bertz CT molecular complexity index is 939. The second-order valence-corrected chi connectivity index (χ2v) is 6.53. The van der Waals surface area contributed by atoms with Gasteiger partial charge in [0, 0.05) is 24.4 Å². The summed E-state index contributed by atoms with van der Waals surface area (Å²) in [5, 5.41) is 3.15. The second kappa shape index (κ2) is 7.92. The number of pyridine rings is 1. The smallest absolute Gasteiger partial charge is 0.261 e. The molecule has 1 amide bonds. The van der Waals surface area contributed by atoms with E-state index in [4.69, 9.17) is 25.8 Å². The zero-order valence-corrected chi connectivity index (χ0v) is 16.2. The van der Waals surface area contributed by atoms with Gasteiger partial charge in [-0.2, -0.15) is 0 Å². The van der Waals surface area contributed by atoms with Crippen LogP contribution in [0.1, 0.15) is 28.9 Å². The van der Waals surface area contributed by atoms with Gasteiger partial charge in [-0.05, 0) is 25.3 Å². The molecule has 3 rings (SSSR count). The standard InChI is InChI=1S/C19H21ClN2O5/c1-25-14-9-15(26-2)12(8-11(14)20)21-19(24)18-13-6-4-5-7-22(13)17(23)10-16(18)27-3/h8-10H,4-7H2,1-3H3,(H,21,24). The number of nitrogens with zero attached hydrogens (tertiary/aromatic N) is 1. The molecule has 1 aliphatic heterocycles. The Labute approximate surface area is 161 Å². The van der Waals surface area contributed by atoms with Crippen LogP contribution in [0.15, 0.2) is 23.0 Å². The highest BCUT2D eigenvalue weighted by Gasteiger charge is 2.25. The fourth-order valence-corrected chi connectivity index (χ4v) is 3.53. The maximum absolute atomic E-state index is 13.1. The van der Waals surface area contributed by atoms with Crippen molar-refractivity contribution < 1.29 is 19.0 Å². The van der Waals surface area contributed by atoms with Crippen molar-refractivity contribution in [1.82, 2.24) is 4.57 Å². The van der Waals surface area contributed by atoms with E-state index in [0.717, 1.165) is 12.8 Å². The topological polar surface area (TPSA) is 78.8 Å². The van der Waals surface area contributed by atoms with E-state index in [1.54, 1.807) is 16.7 Å². The van der Waals surface area contributed by atoms with Gasteiger partial charge >= 0.3 is 0 Å². The Balaban J connectivity index is 2.05. The number of rotatable bonds is 5. The summed E-state index contributed by atoms with van der Waals surface area (Å²) in [5.41, 5.74) is 1.27. The molecule has 1 N–H and O–H groups in total. The zero-order valence-electron chi connectivity index (χ0n) is 15.4. The number of carbonyl (C=O) groups is 1. The number of methoxy groups -OCH3 is 3. The minimum absolute atomic E-state index is 0.164. The number of ether oxygens (including phenoxy) is 3. The molecule has 7 nitrogen and oxygen atoms in total. The van der Waals surface area contributed by atoms with Gasteiger partial charge < -0.3 is 24.1 Å². The van der Waals surface area contributed by atoms with Crippen molar-refractivity contribution in [2.24, 2.45) is 0 Å². The van der Waals surface area contributed by atoms with Crippen LogP contribution in [0.25, 0.3) is 0 Å². The van der Waals surface area contributed by atoms with Crippen LogP contribution in [-0.2, 0) is 13.0 Å². The first kappa shape index (κ1) is 19.1. The molecule has 1 aliphatic rings. The summed E-state index contributed by atoms with van der Waals surface area (Å²) in [6.45, 7) is 0.593. The van der Waals surface area contributed by atoms with Crippen molar-refractivity contribution in [3.63, 3.8) is 0 Å². The Kier molecular flexibility index (Phi) is 5.60. The van der Waals surface area contributed by atoms with E-state index in [1.807, 2.05) is 0 Å². The summed E-state index contributed by atoms with van der Waals surface area (Å²) in [4.78, 5) is 25.4. The number of halogens is 1. The fraction of sp³-hybridized carbons (Fsp3) is 0.368. The molecule has 2 aromatic rings. The Morgan fingerprint density at radius 1 is 1.04 bits per heavy atom. The van der Waals surface area contributed by atoms with Gasteiger partial charge in [-0.3, -0.25) is 9.59 Å². The highest BCUT2D eigenvalue weighted by atomic mass is 35.5. The molecule has 1 aromatic heterocycles. The first-order valence-corrected chi connectivity index (χ1v) is 8.91. The van der Waals surface area contributed by atoms with Gasteiger partial charge in [0.15, 0.2) is 0 Å². The van der Waals surface area contributed by atoms with Crippen molar-refractivity contribution in [1.29, 1.82) is 0 Å². The molecule has 1 aromatic carbocycles. The predicted octanol–water partition coefficient (Wildman–Crippen LogP) is 3.12. The molecule has 0 atom stereocenters. The Morgan fingerprint density at radius 2 is 1.74 bits per heavy atom. The first-order valence-electron chi connectivity index (χ1n) is 8.53. The van der Waals surface area contributed by atoms with Crippen molar-refractivity contribution >= 4 is 23.2 Å². The molecule has 0 saturated carbocycles. The van der Waals surface area contributed by atoms with Gasteiger partial charge in [-0.25, -0.2) is 0 Å². The second-order valence-electron chi connectivity index (χ2n) is 6.12. The molecule has 2 heterocycles. The summed E-state index contributed by atoms with van der Waals surface area (Å²) in [7, 11) is 4.43. The third-order valence-corrected chi connectivity index (χ3v) is 4.89. The predicted molar refractivity (Wildman–Crippen MR) is 103 cm³/mol. The van der Waals surface area contributed by atoms with E-state index < -0.39 is 5.91 Å². The van der Waals surface area contributed by atoms with Crippen LogP contribution in [0.3, 0.4) is 0 Å². The maximum atomic E-state index is 13.1. The number of amides is 1. The number of fused-ring (bicyclic) bond motifs is 1. The lowest BCUT2D eigenvalue weighted by molar-refractivity contribution is 0.102. The molecule has 0 saturated heterocycles. The number of hydrogen-bond donors (Lipinski definition) is 1. The molecule has 0 fully saturated rings. The van der Waals surface area contributed by atoms with Gasteiger partial charge in [0.1, 0.15) is 22.8 Å². The first-order chi connectivity index (χ1) is 13.0. The SMILES string of the molecule is COc1cc(OC)c(NC(=O)c2c(OC)cc(=O)n3c2CCCC3)cc1Cl. The van der Waals surface area contributed by atoms with Crippen LogP contribution >= 0.6 is 11.6 Å². The van der Waals surface area contributed by atoms with Crippen molar-refractivity contribution in [3.05, 3.63) is 44.8 Å². The molecule has 0 radical (unpaired) electrons. The normalized spacial score (nSPS) is 12.9. The number of nitrogens with one attached hydrogen (secondary N) is 1. The summed E-state index contributed by atoms with van der Waals surface area (Å²) in [6.07, 6.45) is 2.45.